The molecule has 1 saturated carbocycles. The summed E-state index contributed by atoms with van der Waals surface area (Å²) in [6, 6.07) is 16.7. The van der Waals surface area contributed by atoms with Crippen LogP contribution in [0.25, 0.3) is 0 Å². The molecule has 136 valence electrons. The molecule has 1 amide bonds. The van der Waals surface area contributed by atoms with Crippen molar-refractivity contribution in [3.05, 3.63) is 66.0 Å². The summed E-state index contributed by atoms with van der Waals surface area (Å²) in [4.78, 5) is 22.3. The van der Waals surface area contributed by atoms with Crippen molar-refractivity contribution < 1.29 is 4.79 Å². The summed E-state index contributed by atoms with van der Waals surface area (Å²) in [5.74, 6) is 0.723. The van der Waals surface area contributed by atoms with E-state index in [1.807, 2.05) is 24.4 Å². The van der Waals surface area contributed by atoms with E-state index >= 15 is 0 Å². The van der Waals surface area contributed by atoms with E-state index in [1.165, 1.54) is 5.56 Å². The average molecular weight is 349 g/mol. The SMILES string of the molecule is CN1CCC(N(Cc2ccccc2)C(=O)[C@@H]2C[C@H]2c2ccccn2)CC1. The second-order valence-corrected chi connectivity index (χ2v) is 7.69. The third-order valence-electron chi connectivity index (χ3n) is 5.78. The molecule has 26 heavy (non-hydrogen) atoms. The van der Waals surface area contributed by atoms with Crippen molar-refractivity contribution in [1.29, 1.82) is 0 Å². The lowest BCUT2D eigenvalue weighted by molar-refractivity contribution is -0.136. The van der Waals surface area contributed by atoms with Gasteiger partial charge in [0.25, 0.3) is 0 Å². The number of hydrogen-bond acceptors (Lipinski definition) is 3. The lowest BCUT2D eigenvalue weighted by atomic mass is 10.0. The Labute approximate surface area is 155 Å². The van der Waals surface area contributed by atoms with Gasteiger partial charge in [-0.2, -0.15) is 0 Å². The van der Waals surface area contributed by atoms with E-state index < -0.39 is 0 Å². The zero-order valence-electron chi connectivity index (χ0n) is 15.4. The van der Waals surface area contributed by atoms with Gasteiger partial charge in [-0.15, -0.1) is 0 Å². The molecule has 2 atom stereocenters. The van der Waals surface area contributed by atoms with Crippen LogP contribution in [0.4, 0.5) is 0 Å². The normalized spacial score (nSPS) is 23.6. The summed E-state index contributed by atoms with van der Waals surface area (Å²) >= 11 is 0. The standard InChI is InChI=1S/C22H27N3O/c1-24-13-10-18(11-14-24)25(16-17-7-3-2-4-8-17)22(26)20-15-19(20)21-9-5-6-12-23-21/h2-9,12,18-20H,10-11,13-16H2,1H3/t19-,20-/m1/s1. The minimum Gasteiger partial charge on any atom is -0.335 e. The van der Waals surface area contributed by atoms with Gasteiger partial charge in [0.05, 0.1) is 0 Å². The van der Waals surface area contributed by atoms with Crippen LogP contribution >= 0.6 is 0 Å². The molecule has 2 heterocycles. The van der Waals surface area contributed by atoms with Crippen LogP contribution in [0.2, 0.25) is 0 Å². The van der Waals surface area contributed by atoms with Gasteiger partial charge in [0.2, 0.25) is 5.91 Å². The fourth-order valence-electron chi connectivity index (χ4n) is 4.08. The van der Waals surface area contributed by atoms with Crippen molar-refractivity contribution in [1.82, 2.24) is 14.8 Å². The summed E-state index contributed by atoms with van der Waals surface area (Å²) in [5.41, 5.74) is 2.28. The Hall–Kier alpha value is -2.20. The Bertz CT molecular complexity index is 726. The van der Waals surface area contributed by atoms with E-state index in [0.717, 1.165) is 44.6 Å². The van der Waals surface area contributed by atoms with Gasteiger partial charge in [-0.1, -0.05) is 36.4 Å². The smallest absolute Gasteiger partial charge is 0.226 e. The number of hydrogen-bond donors (Lipinski definition) is 0. The molecule has 0 bridgehead atoms. The van der Waals surface area contributed by atoms with E-state index in [9.17, 15) is 4.79 Å². The van der Waals surface area contributed by atoms with Gasteiger partial charge >= 0.3 is 0 Å². The summed E-state index contributed by atoms with van der Waals surface area (Å²) in [6.07, 6.45) is 4.90. The molecule has 4 rings (SSSR count). The number of likely N-dealkylation sites (tertiary alicyclic amines) is 1. The summed E-state index contributed by atoms with van der Waals surface area (Å²) in [5, 5.41) is 0. The van der Waals surface area contributed by atoms with Gasteiger partial charge in [-0.3, -0.25) is 9.78 Å². The van der Waals surface area contributed by atoms with Gasteiger partial charge in [0.1, 0.15) is 0 Å². The highest BCUT2D eigenvalue weighted by Crippen LogP contribution is 2.48. The van der Waals surface area contributed by atoms with Crippen LogP contribution in [0.15, 0.2) is 54.7 Å². The maximum absolute atomic E-state index is 13.4. The Morgan fingerprint density at radius 2 is 1.85 bits per heavy atom. The highest BCUT2D eigenvalue weighted by atomic mass is 16.2. The molecular weight excluding hydrogens is 322 g/mol. The largest absolute Gasteiger partial charge is 0.335 e. The number of carbonyl (C=O) groups is 1. The predicted molar refractivity (Wildman–Crippen MR) is 103 cm³/mol. The number of rotatable bonds is 5. The van der Waals surface area contributed by atoms with Crippen LogP contribution in [0.3, 0.4) is 0 Å². The van der Waals surface area contributed by atoms with Crippen LogP contribution in [0, 0.1) is 5.92 Å². The van der Waals surface area contributed by atoms with E-state index in [-0.39, 0.29) is 5.92 Å². The van der Waals surface area contributed by atoms with E-state index in [1.54, 1.807) is 0 Å². The van der Waals surface area contributed by atoms with Crippen molar-refractivity contribution in [3.8, 4) is 0 Å². The second-order valence-electron chi connectivity index (χ2n) is 7.69. The van der Waals surface area contributed by atoms with Crippen molar-refractivity contribution in [2.24, 2.45) is 5.92 Å². The molecule has 4 nitrogen and oxygen atoms in total. The highest BCUT2D eigenvalue weighted by molar-refractivity contribution is 5.83. The zero-order valence-corrected chi connectivity index (χ0v) is 15.4. The van der Waals surface area contributed by atoms with Gasteiger partial charge in [0.15, 0.2) is 0 Å². The van der Waals surface area contributed by atoms with Crippen molar-refractivity contribution in [2.75, 3.05) is 20.1 Å². The van der Waals surface area contributed by atoms with Gasteiger partial charge in [-0.25, -0.2) is 0 Å². The molecule has 2 aromatic rings. The van der Waals surface area contributed by atoms with Crippen LogP contribution in [0.5, 0.6) is 0 Å². The molecule has 2 fully saturated rings. The first-order valence-electron chi connectivity index (χ1n) is 9.66. The fourth-order valence-corrected chi connectivity index (χ4v) is 4.08. The maximum Gasteiger partial charge on any atom is 0.226 e. The van der Waals surface area contributed by atoms with Crippen molar-refractivity contribution in [2.45, 2.75) is 37.8 Å². The van der Waals surface area contributed by atoms with E-state index in [4.69, 9.17) is 0 Å². The van der Waals surface area contributed by atoms with Crippen LogP contribution < -0.4 is 0 Å². The monoisotopic (exact) mass is 349 g/mol. The van der Waals surface area contributed by atoms with Crippen LogP contribution in [-0.4, -0.2) is 46.9 Å². The molecule has 1 aromatic heterocycles. The average Bonchev–Trinajstić information content (AvgIpc) is 3.49. The first-order valence-corrected chi connectivity index (χ1v) is 9.66. The number of pyridine rings is 1. The summed E-state index contributed by atoms with van der Waals surface area (Å²) in [6.45, 7) is 2.86. The van der Waals surface area contributed by atoms with Gasteiger partial charge in [0, 0.05) is 36.3 Å². The maximum atomic E-state index is 13.4. The second kappa shape index (κ2) is 7.58. The summed E-state index contributed by atoms with van der Waals surface area (Å²) < 4.78 is 0. The molecular formula is C22H27N3O. The Balaban J connectivity index is 1.50. The minimum atomic E-state index is 0.105. The molecule has 1 saturated heterocycles. The fraction of sp³-hybridized carbons (Fsp3) is 0.455. The Kier molecular flexibility index (Phi) is 5.02. The third-order valence-corrected chi connectivity index (χ3v) is 5.78. The van der Waals surface area contributed by atoms with Crippen molar-refractivity contribution in [3.63, 3.8) is 0 Å². The van der Waals surface area contributed by atoms with Gasteiger partial charge < -0.3 is 9.80 Å². The summed E-state index contributed by atoms with van der Waals surface area (Å²) in [7, 11) is 2.16. The number of aromatic nitrogens is 1. The van der Waals surface area contributed by atoms with Gasteiger partial charge in [-0.05, 0) is 57.1 Å². The lowest BCUT2D eigenvalue weighted by Crippen LogP contribution is -2.46. The quantitative estimate of drug-likeness (QED) is 0.831. The predicted octanol–water partition coefficient (Wildman–Crippen LogP) is 3.31. The molecule has 2 aliphatic rings. The molecule has 0 unspecified atom stereocenters. The van der Waals surface area contributed by atoms with Crippen LogP contribution in [0.1, 0.15) is 36.4 Å². The highest BCUT2D eigenvalue weighted by Gasteiger charge is 2.47. The lowest BCUT2D eigenvalue weighted by Gasteiger charge is -2.37. The molecule has 0 N–H and O–H groups in total. The number of amides is 1. The molecule has 4 heteroatoms. The first kappa shape index (κ1) is 17.2. The third kappa shape index (κ3) is 3.80. The molecule has 1 aliphatic heterocycles. The Morgan fingerprint density at radius 1 is 1.12 bits per heavy atom. The van der Waals surface area contributed by atoms with E-state index in [2.05, 4.69) is 52.2 Å². The topological polar surface area (TPSA) is 36.4 Å². The number of carbonyl (C=O) groups excluding carboxylic acids is 1. The number of benzene rings is 1. The molecule has 0 radical (unpaired) electrons. The first-order chi connectivity index (χ1) is 12.7. The molecule has 0 spiro atoms. The minimum absolute atomic E-state index is 0.105. The zero-order chi connectivity index (χ0) is 17.9. The van der Waals surface area contributed by atoms with Crippen molar-refractivity contribution >= 4 is 5.91 Å². The molecule has 1 aromatic carbocycles. The molecule has 1 aliphatic carbocycles. The number of piperidine rings is 1. The number of nitrogens with zero attached hydrogens (tertiary/aromatic N) is 3. The van der Waals surface area contributed by atoms with Crippen LogP contribution in [-0.2, 0) is 11.3 Å². The Morgan fingerprint density at radius 3 is 2.54 bits per heavy atom. The van der Waals surface area contributed by atoms with E-state index in [0.29, 0.717) is 17.9 Å².